The van der Waals surface area contributed by atoms with Gasteiger partial charge in [0.05, 0.1) is 6.54 Å². The normalized spacial score (nSPS) is 16.9. The Hall–Kier alpha value is -2.70. The monoisotopic (exact) mass is 357 g/mol. The molecule has 1 aliphatic carbocycles. The Morgan fingerprint density at radius 3 is 2.65 bits per heavy atom. The lowest BCUT2D eigenvalue weighted by Gasteiger charge is -2.21. The average Bonchev–Trinajstić information content (AvgIpc) is 3.27. The molecule has 1 aromatic heterocycles. The number of fused-ring (bicyclic) bond motifs is 1. The molecule has 1 saturated carbocycles. The second kappa shape index (κ2) is 6.23. The van der Waals surface area contributed by atoms with Crippen LogP contribution < -0.4 is 19.7 Å². The van der Waals surface area contributed by atoms with E-state index in [2.05, 4.69) is 10.5 Å². The molecule has 138 valence electrons. The van der Waals surface area contributed by atoms with E-state index in [4.69, 9.17) is 14.0 Å². The molecule has 1 aliphatic heterocycles. The Bertz CT molecular complexity index is 820. The van der Waals surface area contributed by atoms with Crippen LogP contribution in [0.4, 0.5) is 11.4 Å². The van der Waals surface area contributed by atoms with Crippen LogP contribution in [0.3, 0.4) is 0 Å². The Labute approximate surface area is 152 Å². The van der Waals surface area contributed by atoms with Crippen molar-refractivity contribution in [2.45, 2.75) is 45.3 Å². The van der Waals surface area contributed by atoms with Crippen molar-refractivity contribution in [1.82, 2.24) is 5.16 Å². The number of aromatic nitrogens is 1. The standard InChI is InChI=1S/C19H23N3O4/c1-12-18(13(2)26-21-12)22(3)11-17(23)20-14-6-7-15-16(10-14)25-19(24-15)8-4-5-9-19/h6-7,10H,4-5,8-9,11H2,1-3H3,(H,20,23). The predicted molar refractivity (Wildman–Crippen MR) is 96.8 cm³/mol. The summed E-state index contributed by atoms with van der Waals surface area (Å²) < 4.78 is 17.2. The molecule has 2 aliphatic rings. The lowest BCUT2D eigenvalue weighted by Crippen LogP contribution is -2.34. The Morgan fingerprint density at radius 2 is 1.96 bits per heavy atom. The molecular weight excluding hydrogens is 334 g/mol. The smallest absolute Gasteiger partial charge is 0.251 e. The van der Waals surface area contributed by atoms with E-state index in [1.807, 2.05) is 44.0 Å². The zero-order valence-corrected chi connectivity index (χ0v) is 15.3. The Kier molecular flexibility index (Phi) is 4.01. The van der Waals surface area contributed by atoms with Crippen molar-refractivity contribution in [2.75, 3.05) is 23.8 Å². The number of carbonyl (C=O) groups excluding carboxylic acids is 1. The molecular formula is C19H23N3O4. The maximum absolute atomic E-state index is 12.4. The maximum Gasteiger partial charge on any atom is 0.251 e. The largest absolute Gasteiger partial charge is 0.448 e. The molecule has 1 aromatic carbocycles. The predicted octanol–water partition coefficient (Wildman–Crippen LogP) is 3.41. The van der Waals surface area contributed by atoms with Gasteiger partial charge in [-0.05, 0) is 38.8 Å². The molecule has 2 heterocycles. The highest BCUT2D eigenvalue weighted by Gasteiger charge is 2.44. The molecule has 7 heteroatoms. The number of nitrogens with zero attached hydrogens (tertiary/aromatic N) is 2. The van der Waals surface area contributed by atoms with Gasteiger partial charge in [0.25, 0.3) is 5.79 Å². The summed E-state index contributed by atoms with van der Waals surface area (Å²) in [7, 11) is 1.84. The van der Waals surface area contributed by atoms with E-state index in [0.29, 0.717) is 17.2 Å². The van der Waals surface area contributed by atoms with E-state index in [1.54, 1.807) is 0 Å². The number of hydrogen-bond acceptors (Lipinski definition) is 6. The van der Waals surface area contributed by atoms with Crippen LogP contribution in [0.25, 0.3) is 0 Å². The number of rotatable bonds is 4. The molecule has 2 aromatic rings. The first-order chi connectivity index (χ1) is 12.5. The molecule has 7 nitrogen and oxygen atoms in total. The van der Waals surface area contributed by atoms with Crippen LogP contribution in [-0.2, 0) is 4.79 Å². The molecule has 0 atom stereocenters. The van der Waals surface area contributed by atoms with Gasteiger partial charge in [0.15, 0.2) is 17.3 Å². The van der Waals surface area contributed by atoms with Crippen LogP contribution in [0, 0.1) is 13.8 Å². The minimum atomic E-state index is -0.492. The van der Waals surface area contributed by atoms with Crippen LogP contribution in [0.15, 0.2) is 22.7 Å². The summed E-state index contributed by atoms with van der Waals surface area (Å²) >= 11 is 0. The van der Waals surface area contributed by atoms with Gasteiger partial charge < -0.3 is 24.2 Å². The fraction of sp³-hybridized carbons (Fsp3) is 0.474. The molecule has 0 saturated heterocycles. The van der Waals surface area contributed by atoms with Gasteiger partial charge in [-0.1, -0.05) is 5.16 Å². The van der Waals surface area contributed by atoms with Gasteiger partial charge in [0.2, 0.25) is 5.91 Å². The Balaban J connectivity index is 1.41. The summed E-state index contributed by atoms with van der Waals surface area (Å²) in [5, 5.41) is 6.84. The molecule has 4 rings (SSSR count). The first kappa shape index (κ1) is 16.8. The van der Waals surface area contributed by atoms with Crippen molar-refractivity contribution in [3.05, 3.63) is 29.7 Å². The number of ether oxygens (including phenoxy) is 2. The van der Waals surface area contributed by atoms with E-state index < -0.39 is 5.79 Å². The van der Waals surface area contributed by atoms with Crippen LogP contribution in [0.1, 0.15) is 37.1 Å². The number of carbonyl (C=O) groups is 1. The topological polar surface area (TPSA) is 76.8 Å². The van der Waals surface area contributed by atoms with E-state index in [-0.39, 0.29) is 12.5 Å². The van der Waals surface area contributed by atoms with Crippen LogP contribution in [0.2, 0.25) is 0 Å². The van der Waals surface area contributed by atoms with Crippen LogP contribution in [-0.4, -0.2) is 30.4 Å². The van der Waals surface area contributed by atoms with Crippen molar-refractivity contribution >= 4 is 17.3 Å². The lowest BCUT2D eigenvalue weighted by molar-refractivity contribution is -0.114. The number of benzene rings is 1. The third-order valence-electron chi connectivity index (χ3n) is 4.94. The number of hydrogen-bond donors (Lipinski definition) is 1. The molecule has 1 fully saturated rings. The van der Waals surface area contributed by atoms with E-state index in [0.717, 1.165) is 42.8 Å². The van der Waals surface area contributed by atoms with Crippen LogP contribution >= 0.6 is 0 Å². The van der Waals surface area contributed by atoms with Crippen molar-refractivity contribution in [3.8, 4) is 11.5 Å². The molecule has 0 radical (unpaired) electrons. The van der Waals surface area contributed by atoms with E-state index in [1.165, 1.54) is 0 Å². The highest BCUT2D eigenvalue weighted by atomic mass is 16.7. The van der Waals surface area contributed by atoms with E-state index in [9.17, 15) is 4.79 Å². The quantitative estimate of drug-likeness (QED) is 0.904. The van der Waals surface area contributed by atoms with Gasteiger partial charge in [-0.25, -0.2) is 0 Å². The molecule has 0 unspecified atom stereocenters. The zero-order valence-electron chi connectivity index (χ0n) is 15.3. The van der Waals surface area contributed by atoms with Gasteiger partial charge in [0.1, 0.15) is 11.4 Å². The van der Waals surface area contributed by atoms with Crippen molar-refractivity contribution in [3.63, 3.8) is 0 Å². The third kappa shape index (κ3) is 2.98. The molecule has 1 amide bonds. The molecule has 1 spiro atoms. The fourth-order valence-electron chi connectivity index (χ4n) is 3.81. The highest BCUT2D eigenvalue weighted by molar-refractivity contribution is 5.94. The fourth-order valence-corrected chi connectivity index (χ4v) is 3.81. The minimum Gasteiger partial charge on any atom is -0.448 e. The first-order valence-corrected chi connectivity index (χ1v) is 8.92. The number of nitrogens with one attached hydrogen (secondary N) is 1. The average molecular weight is 357 g/mol. The molecule has 26 heavy (non-hydrogen) atoms. The van der Waals surface area contributed by atoms with E-state index >= 15 is 0 Å². The minimum absolute atomic E-state index is 0.123. The number of likely N-dealkylation sites (N-methyl/N-ethyl adjacent to an activating group) is 1. The second-order valence-corrected chi connectivity index (χ2v) is 7.06. The van der Waals surface area contributed by atoms with Crippen molar-refractivity contribution in [2.24, 2.45) is 0 Å². The number of aryl methyl sites for hydroxylation is 2. The summed E-state index contributed by atoms with van der Waals surface area (Å²) in [5.41, 5.74) is 2.30. The van der Waals surface area contributed by atoms with Crippen LogP contribution in [0.5, 0.6) is 11.5 Å². The summed E-state index contributed by atoms with van der Waals surface area (Å²) in [6.07, 6.45) is 4.05. The summed E-state index contributed by atoms with van der Waals surface area (Å²) in [5.74, 6) is 1.53. The molecule has 0 bridgehead atoms. The third-order valence-corrected chi connectivity index (χ3v) is 4.94. The summed E-state index contributed by atoms with van der Waals surface area (Å²) in [6, 6.07) is 5.52. The number of amides is 1. The summed E-state index contributed by atoms with van der Waals surface area (Å²) in [4.78, 5) is 14.2. The first-order valence-electron chi connectivity index (χ1n) is 8.92. The van der Waals surface area contributed by atoms with Gasteiger partial charge in [-0.2, -0.15) is 0 Å². The van der Waals surface area contributed by atoms with Crippen molar-refractivity contribution < 1.29 is 18.8 Å². The van der Waals surface area contributed by atoms with Gasteiger partial charge in [-0.3, -0.25) is 4.79 Å². The SMILES string of the molecule is Cc1noc(C)c1N(C)CC(=O)Nc1ccc2c(c1)OC1(CCCC1)O2. The second-order valence-electron chi connectivity index (χ2n) is 7.06. The van der Waals surface area contributed by atoms with Gasteiger partial charge in [0, 0.05) is 31.6 Å². The zero-order chi connectivity index (χ0) is 18.3. The number of anilines is 2. The molecule has 1 N–H and O–H groups in total. The highest BCUT2D eigenvalue weighted by Crippen LogP contribution is 2.47. The lowest BCUT2D eigenvalue weighted by atomic mass is 10.2. The van der Waals surface area contributed by atoms with Crippen molar-refractivity contribution in [1.29, 1.82) is 0 Å². The Morgan fingerprint density at radius 1 is 1.23 bits per heavy atom. The van der Waals surface area contributed by atoms with Gasteiger partial charge >= 0.3 is 0 Å². The summed E-state index contributed by atoms with van der Waals surface area (Å²) in [6.45, 7) is 3.89. The maximum atomic E-state index is 12.4. The van der Waals surface area contributed by atoms with Gasteiger partial charge in [-0.15, -0.1) is 0 Å².